The van der Waals surface area contributed by atoms with E-state index >= 15 is 0 Å². The molecule has 1 aromatic heterocycles. The number of carboxylic acid groups (broad SMARTS) is 1. The number of hydrogen-bond donors (Lipinski definition) is 3. The van der Waals surface area contributed by atoms with Crippen LogP contribution in [0.25, 0.3) is 11.3 Å². The molecule has 8 heteroatoms. The second kappa shape index (κ2) is 10.0. The molecule has 1 heterocycles. The maximum atomic E-state index is 12.7. The lowest BCUT2D eigenvalue weighted by Crippen LogP contribution is -2.46. The minimum Gasteiger partial charge on any atom is -0.480 e. The molecule has 0 unspecified atom stereocenters. The van der Waals surface area contributed by atoms with Gasteiger partial charge in [-0.15, -0.1) is 0 Å². The van der Waals surface area contributed by atoms with E-state index in [2.05, 4.69) is 15.7 Å². The third-order valence-corrected chi connectivity index (χ3v) is 5.40. The quantitative estimate of drug-likeness (QED) is 0.605. The monoisotopic (exact) mass is 412 g/mol. The number of aromatic nitrogens is 2. The number of hydrogen-bond acceptors (Lipinski definition) is 4. The minimum atomic E-state index is -1.31. The normalized spacial score (nSPS) is 15.8. The van der Waals surface area contributed by atoms with Crippen LogP contribution < -0.4 is 10.6 Å². The zero-order valence-electron chi connectivity index (χ0n) is 17.1. The van der Waals surface area contributed by atoms with Crippen molar-refractivity contribution in [3.63, 3.8) is 0 Å². The average molecular weight is 412 g/mol. The molecule has 2 aromatic rings. The van der Waals surface area contributed by atoms with Crippen LogP contribution >= 0.6 is 0 Å². The summed E-state index contributed by atoms with van der Waals surface area (Å²) in [5, 5.41) is 19.2. The first-order chi connectivity index (χ1) is 14.4. The largest absolute Gasteiger partial charge is 0.480 e. The molecule has 1 fully saturated rings. The number of nitrogens with one attached hydrogen (secondary N) is 2. The van der Waals surface area contributed by atoms with Crippen molar-refractivity contribution in [1.29, 1.82) is 0 Å². The summed E-state index contributed by atoms with van der Waals surface area (Å²) in [6.45, 7) is 0. The summed E-state index contributed by atoms with van der Waals surface area (Å²) in [7, 11) is 1.62. The van der Waals surface area contributed by atoms with E-state index in [0.717, 1.165) is 44.1 Å². The van der Waals surface area contributed by atoms with Gasteiger partial charge in [0.2, 0.25) is 5.91 Å². The van der Waals surface area contributed by atoms with Gasteiger partial charge in [0.15, 0.2) is 0 Å². The molecule has 3 rings (SSSR count). The Hall–Kier alpha value is -3.16. The van der Waals surface area contributed by atoms with E-state index in [4.69, 9.17) is 0 Å². The van der Waals surface area contributed by atoms with Gasteiger partial charge in [-0.1, -0.05) is 56.0 Å². The number of aryl methyl sites for hydroxylation is 1. The van der Waals surface area contributed by atoms with Crippen LogP contribution in [0.4, 0.5) is 0 Å². The summed E-state index contributed by atoms with van der Waals surface area (Å²) in [5.41, 5.74) is 1.69. The lowest BCUT2D eigenvalue weighted by atomic mass is 10.1. The Morgan fingerprint density at radius 1 is 1.13 bits per heavy atom. The number of carbonyl (C=O) groups is 3. The van der Waals surface area contributed by atoms with E-state index in [1.165, 1.54) is 4.68 Å². The van der Waals surface area contributed by atoms with E-state index in [-0.39, 0.29) is 24.1 Å². The van der Waals surface area contributed by atoms with Crippen molar-refractivity contribution in [2.24, 2.45) is 7.05 Å². The summed E-state index contributed by atoms with van der Waals surface area (Å²) in [5.74, 6) is -2.18. The Morgan fingerprint density at radius 3 is 2.43 bits per heavy atom. The molecule has 160 valence electrons. The highest BCUT2D eigenvalue weighted by atomic mass is 16.4. The summed E-state index contributed by atoms with van der Waals surface area (Å²) in [6, 6.07) is 9.76. The van der Waals surface area contributed by atoms with Crippen molar-refractivity contribution in [3.8, 4) is 11.3 Å². The van der Waals surface area contributed by atoms with Crippen molar-refractivity contribution in [2.75, 3.05) is 0 Å². The number of aliphatic carboxylic acids is 1. The van der Waals surface area contributed by atoms with Crippen LogP contribution in [0.3, 0.4) is 0 Å². The van der Waals surface area contributed by atoms with E-state index in [1.807, 2.05) is 30.3 Å². The molecule has 1 aromatic carbocycles. The third kappa shape index (κ3) is 5.68. The number of carbonyl (C=O) groups excluding carboxylic acids is 2. The molecule has 1 atom stereocenters. The highest BCUT2D eigenvalue weighted by molar-refractivity contribution is 5.97. The molecular weight excluding hydrogens is 384 g/mol. The van der Waals surface area contributed by atoms with Gasteiger partial charge in [0.25, 0.3) is 5.91 Å². The molecule has 0 saturated heterocycles. The molecule has 3 N–H and O–H groups in total. The predicted octanol–water partition coefficient (Wildman–Crippen LogP) is 2.50. The van der Waals surface area contributed by atoms with Gasteiger partial charge in [0.1, 0.15) is 11.7 Å². The molecule has 1 aliphatic carbocycles. The van der Waals surface area contributed by atoms with Crippen LogP contribution in [0.1, 0.15) is 55.4 Å². The summed E-state index contributed by atoms with van der Waals surface area (Å²) >= 11 is 0. The second-order valence-electron chi connectivity index (χ2n) is 7.73. The first kappa shape index (κ1) is 21.5. The van der Waals surface area contributed by atoms with Gasteiger partial charge in [-0.25, -0.2) is 4.79 Å². The molecule has 1 saturated carbocycles. The molecule has 30 heavy (non-hydrogen) atoms. The molecule has 1 aliphatic rings. The predicted molar refractivity (Wildman–Crippen MR) is 112 cm³/mol. The number of amides is 2. The van der Waals surface area contributed by atoms with Crippen LogP contribution in [0.2, 0.25) is 0 Å². The number of carboxylic acids is 1. The zero-order valence-corrected chi connectivity index (χ0v) is 17.1. The molecular formula is C22H28N4O4. The number of rotatable bonds is 7. The molecule has 2 amide bonds. The number of benzene rings is 1. The van der Waals surface area contributed by atoms with Crippen LogP contribution in [0.5, 0.6) is 0 Å². The summed E-state index contributed by atoms with van der Waals surface area (Å²) < 4.78 is 1.40. The third-order valence-electron chi connectivity index (χ3n) is 5.40. The standard InChI is InChI=1S/C22H28N4O4/c1-26-19(13-17(25-26)15-9-5-4-6-10-15)21(28)24-18(22(29)30)14-20(27)23-16-11-7-2-3-8-12-16/h4-6,9-10,13,16,18H,2-3,7-8,11-12,14H2,1H3,(H,23,27)(H,24,28)(H,29,30)/t18-/m1/s1. The van der Waals surface area contributed by atoms with E-state index in [9.17, 15) is 19.5 Å². The first-order valence-electron chi connectivity index (χ1n) is 10.4. The molecule has 8 nitrogen and oxygen atoms in total. The topological polar surface area (TPSA) is 113 Å². The van der Waals surface area contributed by atoms with Crippen LogP contribution in [-0.4, -0.2) is 44.8 Å². The van der Waals surface area contributed by atoms with Gasteiger partial charge < -0.3 is 15.7 Å². The molecule has 0 aliphatic heterocycles. The van der Waals surface area contributed by atoms with Crippen molar-refractivity contribution in [2.45, 2.75) is 57.0 Å². The Kier molecular flexibility index (Phi) is 7.21. The maximum absolute atomic E-state index is 12.7. The highest BCUT2D eigenvalue weighted by Crippen LogP contribution is 2.19. The van der Waals surface area contributed by atoms with Crippen molar-refractivity contribution in [3.05, 3.63) is 42.1 Å². The maximum Gasteiger partial charge on any atom is 0.326 e. The summed E-state index contributed by atoms with van der Waals surface area (Å²) in [4.78, 5) is 36.7. The van der Waals surface area contributed by atoms with Crippen LogP contribution in [0, 0.1) is 0 Å². The fraction of sp³-hybridized carbons (Fsp3) is 0.455. The minimum absolute atomic E-state index is 0.0793. The average Bonchev–Trinajstić information content (AvgIpc) is 2.93. The highest BCUT2D eigenvalue weighted by Gasteiger charge is 2.26. The van der Waals surface area contributed by atoms with Crippen molar-refractivity contribution < 1.29 is 19.5 Å². The Labute approximate surface area is 175 Å². The Morgan fingerprint density at radius 2 is 1.80 bits per heavy atom. The zero-order chi connectivity index (χ0) is 21.5. The van der Waals surface area contributed by atoms with Crippen LogP contribution in [0.15, 0.2) is 36.4 Å². The van der Waals surface area contributed by atoms with E-state index in [1.54, 1.807) is 13.1 Å². The van der Waals surface area contributed by atoms with Crippen molar-refractivity contribution in [1.82, 2.24) is 20.4 Å². The lowest BCUT2D eigenvalue weighted by molar-refractivity contribution is -0.141. The van der Waals surface area contributed by atoms with E-state index in [0.29, 0.717) is 5.69 Å². The fourth-order valence-corrected chi connectivity index (χ4v) is 3.76. The lowest BCUT2D eigenvalue weighted by Gasteiger charge is -2.19. The smallest absolute Gasteiger partial charge is 0.326 e. The van der Waals surface area contributed by atoms with Gasteiger partial charge in [0.05, 0.1) is 12.1 Å². The second-order valence-corrected chi connectivity index (χ2v) is 7.73. The molecule has 0 spiro atoms. The summed E-state index contributed by atoms with van der Waals surface area (Å²) in [6.07, 6.45) is 5.97. The Bertz CT molecular complexity index is 886. The molecule has 0 bridgehead atoms. The van der Waals surface area contributed by atoms with Gasteiger partial charge in [-0.3, -0.25) is 14.3 Å². The van der Waals surface area contributed by atoms with E-state index < -0.39 is 17.9 Å². The number of nitrogens with zero attached hydrogens (tertiary/aromatic N) is 2. The SMILES string of the molecule is Cn1nc(-c2ccccc2)cc1C(=O)N[C@H](CC(=O)NC1CCCCCC1)C(=O)O. The van der Waals surface area contributed by atoms with Gasteiger partial charge in [-0.2, -0.15) is 5.10 Å². The van der Waals surface area contributed by atoms with Gasteiger partial charge in [0, 0.05) is 18.7 Å². The van der Waals surface area contributed by atoms with Gasteiger partial charge in [-0.05, 0) is 18.9 Å². The van der Waals surface area contributed by atoms with Crippen LogP contribution in [-0.2, 0) is 16.6 Å². The molecule has 0 radical (unpaired) electrons. The van der Waals surface area contributed by atoms with Gasteiger partial charge >= 0.3 is 5.97 Å². The first-order valence-corrected chi connectivity index (χ1v) is 10.4. The Balaban J connectivity index is 1.63. The van der Waals surface area contributed by atoms with Crippen molar-refractivity contribution >= 4 is 17.8 Å². The fourth-order valence-electron chi connectivity index (χ4n) is 3.76.